The normalized spacial score (nSPS) is 22.1. The standard InChI is InChI=1S/C17H21N3O/c1-11-6-8-12(9-7-11)19-17(21)14-10-16(18)20-15-5-3-2-4-13(14)15/h2-5,10-12H,6-9H2,1H3,(H2,18,20)(H,19,21). The van der Waals surface area contributed by atoms with Crippen LogP contribution in [0.5, 0.6) is 0 Å². The van der Waals surface area contributed by atoms with E-state index in [0.29, 0.717) is 11.4 Å². The fourth-order valence-corrected chi connectivity index (χ4v) is 3.05. The maximum atomic E-state index is 12.6. The highest BCUT2D eigenvalue weighted by molar-refractivity contribution is 6.06. The van der Waals surface area contributed by atoms with Gasteiger partial charge >= 0.3 is 0 Å². The van der Waals surface area contributed by atoms with Gasteiger partial charge in [-0.2, -0.15) is 0 Å². The highest BCUT2D eigenvalue weighted by Gasteiger charge is 2.21. The third-order valence-electron chi connectivity index (χ3n) is 4.33. The lowest BCUT2D eigenvalue weighted by Crippen LogP contribution is -2.37. The molecule has 1 saturated carbocycles. The molecule has 1 aliphatic carbocycles. The zero-order valence-corrected chi connectivity index (χ0v) is 12.3. The summed E-state index contributed by atoms with van der Waals surface area (Å²) >= 11 is 0. The van der Waals surface area contributed by atoms with Gasteiger partial charge in [0.1, 0.15) is 5.82 Å². The van der Waals surface area contributed by atoms with Gasteiger partial charge < -0.3 is 11.1 Å². The van der Waals surface area contributed by atoms with E-state index in [1.807, 2.05) is 24.3 Å². The third-order valence-corrected chi connectivity index (χ3v) is 4.33. The monoisotopic (exact) mass is 283 g/mol. The summed E-state index contributed by atoms with van der Waals surface area (Å²) in [6.45, 7) is 2.27. The molecule has 1 aromatic heterocycles. The molecular weight excluding hydrogens is 262 g/mol. The molecule has 1 heterocycles. The summed E-state index contributed by atoms with van der Waals surface area (Å²) in [6.07, 6.45) is 4.49. The number of aromatic nitrogens is 1. The first-order chi connectivity index (χ1) is 10.1. The Kier molecular flexibility index (Phi) is 3.78. The van der Waals surface area contributed by atoms with Crippen LogP contribution in [0.2, 0.25) is 0 Å². The van der Waals surface area contributed by atoms with Crippen molar-refractivity contribution >= 4 is 22.6 Å². The second-order valence-electron chi connectivity index (χ2n) is 6.04. The van der Waals surface area contributed by atoms with Crippen LogP contribution in [0, 0.1) is 5.92 Å². The highest BCUT2D eigenvalue weighted by atomic mass is 16.1. The van der Waals surface area contributed by atoms with E-state index in [2.05, 4.69) is 17.2 Å². The quantitative estimate of drug-likeness (QED) is 0.889. The molecule has 4 nitrogen and oxygen atoms in total. The summed E-state index contributed by atoms with van der Waals surface area (Å²) in [4.78, 5) is 16.8. The molecule has 1 aliphatic rings. The van der Waals surface area contributed by atoms with Gasteiger partial charge in [-0.25, -0.2) is 4.98 Å². The first-order valence-corrected chi connectivity index (χ1v) is 7.59. The van der Waals surface area contributed by atoms with Crippen molar-refractivity contribution in [1.82, 2.24) is 10.3 Å². The average Bonchev–Trinajstić information content (AvgIpc) is 2.48. The summed E-state index contributed by atoms with van der Waals surface area (Å²) in [5, 5.41) is 4.01. The summed E-state index contributed by atoms with van der Waals surface area (Å²) in [5.41, 5.74) is 7.21. The number of benzene rings is 1. The Hall–Kier alpha value is -2.10. The van der Waals surface area contributed by atoms with E-state index in [1.165, 1.54) is 12.8 Å². The van der Waals surface area contributed by atoms with E-state index in [-0.39, 0.29) is 11.9 Å². The Balaban J connectivity index is 1.84. The van der Waals surface area contributed by atoms with Crippen LogP contribution in [0.3, 0.4) is 0 Å². The molecule has 0 radical (unpaired) electrons. The van der Waals surface area contributed by atoms with E-state index < -0.39 is 0 Å². The average molecular weight is 283 g/mol. The molecule has 1 aromatic carbocycles. The molecule has 4 heteroatoms. The molecule has 1 fully saturated rings. The number of carbonyl (C=O) groups is 1. The van der Waals surface area contributed by atoms with Gasteiger partial charge in [-0.3, -0.25) is 4.79 Å². The van der Waals surface area contributed by atoms with Gasteiger partial charge in [-0.05, 0) is 43.7 Å². The Morgan fingerprint density at radius 1 is 1.24 bits per heavy atom. The smallest absolute Gasteiger partial charge is 0.252 e. The number of hydrogen-bond acceptors (Lipinski definition) is 3. The van der Waals surface area contributed by atoms with E-state index in [0.717, 1.165) is 29.7 Å². The lowest BCUT2D eigenvalue weighted by molar-refractivity contribution is 0.0924. The number of rotatable bonds is 2. The molecule has 3 rings (SSSR count). The maximum absolute atomic E-state index is 12.6. The number of para-hydroxylation sites is 1. The van der Waals surface area contributed by atoms with Crippen molar-refractivity contribution in [3.63, 3.8) is 0 Å². The van der Waals surface area contributed by atoms with Gasteiger partial charge in [0.2, 0.25) is 0 Å². The summed E-state index contributed by atoms with van der Waals surface area (Å²) < 4.78 is 0. The molecule has 0 unspecified atom stereocenters. The Morgan fingerprint density at radius 3 is 2.71 bits per heavy atom. The largest absolute Gasteiger partial charge is 0.384 e. The van der Waals surface area contributed by atoms with Crippen molar-refractivity contribution in [3.8, 4) is 0 Å². The zero-order valence-electron chi connectivity index (χ0n) is 12.3. The van der Waals surface area contributed by atoms with Gasteiger partial charge in [-0.1, -0.05) is 25.1 Å². The molecule has 1 amide bonds. The third kappa shape index (κ3) is 2.99. The molecule has 0 spiro atoms. The lowest BCUT2D eigenvalue weighted by Gasteiger charge is -2.27. The highest BCUT2D eigenvalue weighted by Crippen LogP contribution is 2.25. The summed E-state index contributed by atoms with van der Waals surface area (Å²) in [7, 11) is 0. The Morgan fingerprint density at radius 2 is 1.95 bits per heavy atom. The fraction of sp³-hybridized carbons (Fsp3) is 0.412. The van der Waals surface area contributed by atoms with E-state index >= 15 is 0 Å². The van der Waals surface area contributed by atoms with E-state index in [1.54, 1.807) is 6.07 Å². The number of nitrogens with one attached hydrogen (secondary N) is 1. The van der Waals surface area contributed by atoms with Crippen LogP contribution in [0.25, 0.3) is 10.9 Å². The number of fused-ring (bicyclic) bond motifs is 1. The maximum Gasteiger partial charge on any atom is 0.252 e. The van der Waals surface area contributed by atoms with Crippen molar-refractivity contribution in [1.29, 1.82) is 0 Å². The fourth-order valence-electron chi connectivity index (χ4n) is 3.05. The molecule has 110 valence electrons. The predicted octanol–water partition coefficient (Wildman–Crippen LogP) is 3.13. The molecule has 3 N–H and O–H groups in total. The van der Waals surface area contributed by atoms with Crippen LogP contribution in [-0.4, -0.2) is 16.9 Å². The van der Waals surface area contributed by atoms with Crippen LogP contribution in [0.1, 0.15) is 43.0 Å². The van der Waals surface area contributed by atoms with Gasteiger partial charge in [0.05, 0.1) is 11.1 Å². The van der Waals surface area contributed by atoms with Crippen LogP contribution < -0.4 is 11.1 Å². The van der Waals surface area contributed by atoms with Gasteiger partial charge in [0.15, 0.2) is 0 Å². The molecule has 2 aromatic rings. The number of carbonyl (C=O) groups excluding carboxylic acids is 1. The zero-order chi connectivity index (χ0) is 14.8. The van der Waals surface area contributed by atoms with Crippen LogP contribution in [0.15, 0.2) is 30.3 Å². The van der Waals surface area contributed by atoms with Crippen molar-refractivity contribution in [2.45, 2.75) is 38.6 Å². The van der Waals surface area contributed by atoms with E-state index in [4.69, 9.17) is 5.73 Å². The number of pyridine rings is 1. The minimum Gasteiger partial charge on any atom is -0.384 e. The number of anilines is 1. The first-order valence-electron chi connectivity index (χ1n) is 7.59. The number of nitrogen functional groups attached to an aromatic ring is 1. The Labute approximate surface area is 124 Å². The number of hydrogen-bond donors (Lipinski definition) is 2. The number of nitrogens with two attached hydrogens (primary N) is 1. The molecule has 0 aliphatic heterocycles. The van der Waals surface area contributed by atoms with Crippen LogP contribution in [0.4, 0.5) is 5.82 Å². The van der Waals surface area contributed by atoms with Gasteiger partial charge in [0.25, 0.3) is 5.91 Å². The van der Waals surface area contributed by atoms with Crippen molar-refractivity contribution in [3.05, 3.63) is 35.9 Å². The summed E-state index contributed by atoms with van der Waals surface area (Å²) in [6, 6.07) is 9.56. The predicted molar refractivity (Wildman–Crippen MR) is 85.0 cm³/mol. The molecular formula is C17H21N3O. The second kappa shape index (κ2) is 5.72. The second-order valence-corrected chi connectivity index (χ2v) is 6.04. The summed E-state index contributed by atoms with van der Waals surface area (Å²) in [5.74, 6) is 1.12. The first kappa shape index (κ1) is 13.9. The SMILES string of the molecule is CC1CCC(NC(=O)c2cc(N)nc3ccccc23)CC1. The van der Waals surface area contributed by atoms with Crippen LogP contribution in [-0.2, 0) is 0 Å². The lowest BCUT2D eigenvalue weighted by atomic mass is 9.87. The van der Waals surface area contributed by atoms with Crippen molar-refractivity contribution < 1.29 is 4.79 Å². The molecule has 0 atom stereocenters. The topological polar surface area (TPSA) is 68.0 Å². The molecule has 0 saturated heterocycles. The minimum atomic E-state index is -0.0418. The van der Waals surface area contributed by atoms with Crippen LogP contribution >= 0.6 is 0 Å². The van der Waals surface area contributed by atoms with Gasteiger partial charge in [0, 0.05) is 11.4 Å². The number of amides is 1. The molecule has 0 bridgehead atoms. The minimum absolute atomic E-state index is 0.0418. The molecule has 21 heavy (non-hydrogen) atoms. The Bertz CT molecular complexity index is 660. The van der Waals surface area contributed by atoms with Gasteiger partial charge in [-0.15, -0.1) is 0 Å². The van der Waals surface area contributed by atoms with Crippen molar-refractivity contribution in [2.75, 3.05) is 5.73 Å². The number of nitrogens with zero attached hydrogens (tertiary/aromatic N) is 1. The van der Waals surface area contributed by atoms with Crippen molar-refractivity contribution in [2.24, 2.45) is 5.92 Å². The van der Waals surface area contributed by atoms with E-state index in [9.17, 15) is 4.79 Å².